The van der Waals surface area contributed by atoms with E-state index in [2.05, 4.69) is 27.5 Å². The summed E-state index contributed by atoms with van der Waals surface area (Å²) in [7, 11) is 0. The summed E-state index contributed by atoms with van der Waals surface area (Å²) in [6.45, 7) is 4.72. The lowest BCUT2D eigenvalue weighted by molar-refractivity contribution is 0.305. The van der Waals surface area contributed by atoms with Gasteiger partial charge in [0.15, 0.2) is 0 Å². The molecule has 5 heteroatoms. The molecule has 0 aliphatic carbocycles. The first-order chi connectivity index (χ1) is 7.38. The first-order valence-electron chi connectivity index (χ1n) is 5.31. The predicted molar refractivity (Wildman–Crippen MR) is 58.1 cm³/mol. The summed E-state index contributed by atoms with van der Waals surface area (Å²) in [5.74, 6) is 1.29. The smallest absolute Gasteiger partial charge is 0.226 e. The lowest BCUT2D eigenvalue weighted by Gasteiger charge is -2.27. The summed E-state index contributed by atoms with van der Waals surface area (Å²) in [4.78, 5) is 8.40. The van der Waals surface area contributed by atoms with E-state index in [0.29, 0.717) is 24.5 Å². The van der Waals surface area contributed by atoms with Crippen LogP contribution in [0.1, 0.15) is 13.3 Å². The van der Waals surface area contributed by atoms with Crippen LogP contribution in [-0.2, 0) is 0 Å². The summed E-state index contributed by atoms with van der Waals surface area (Å²) in [5, 5.41) is 6.41. The molecule has 0 unspecified atom stereocenters. The van der Waals surface area contributed by atoms with Gasteiger partial charge >= 0.3 is 0 Å². The standard InChI is InChI=1S/C10H16N4O/c1-2-5-15-9-3-4-12-10(14-9)13-8-6-11-7-8/h3-4,8,11H,2,5-7H2,1H3,(H,12,13,14). The third-order valence-corrected chi connectivity index (χ3v) is 2.20. The highest BCUT2D eigenvalue weighted by Crippen LogP contribution is 2.10. The van der Waals surface area contributed by atoms with Crippen molar-refractivity contribution in [2.45, 2.75) is 19.4 Å². The fourth-order valence-corrected chi connectivity index (χ4v) is 1.27. The average Bonchev–Trinajstić information content (AvgIpc) is 2.21. The molecule has 2 heterocycles. The number of hydrogen-bond donors (Lipinski definition) is 2. The second kappa shape index (κ2) is 4.93. The minimum Gasteiger partial charge on any atom is -0.478 e. The molecule has 0 atom stereocenters. The van der Waals surface area contributed by atoms with E-state index in [1.165, 1.54) is 0 Å². The Morgan fingerprint density at radius 2 is 2.47 bits per heavy atom. The van der Waals surface area contributed by atoms with Gasteiger partial charge in [-0.2, -0.15) is 4.98 Å². The van der Waals surface area contributed by atoms with Crippen molar-refractivity contribution in [2.24, 2.45) is 0 Å². The molecular weight excluding hydrogens is 192 g/mol. The third-order valence-electron chi connectivity index (χ3n) is 2.20. The molecule has 1 saturated heterocycles. The third kappa shape index (κ3) is 2.79. The highest BCUT2D eigenvalue weighted by atomic mass is 16.5. The highest BCUT2D eigenvalue weighted by Gasteiger charge is 2.17. The van der Waals surface area contributed by atoms with E-state index >= 15 is 0 Å². The Bertz CT molecular complexity index is 314. The Morgan fingerprint density at radius 3 is 3.13 bits per heavy atom. The van der Waals surface area contributed by atoms with Gasteiger partial charge in [-0.05, 0) is 6.42 Å². The SMILES string of the molecule is CCCOc1ccnc(NC2CNC2)n1. The van der Waals surface area contributed by atoms with E-state index in [9.17, 15) is 0 Å². The van der Waals surface area contributed by atoms with Gasteiger partial charge in [0.2, 0.25) is 11.8 Å². The van der Waals surface area contributed by atoms with Gasteiger partial charge in [-0.15, -0.1) is 0 Å². The van der Waals surface area contributed by atoms with Crippen molar-refractivity contribution in [3.05, 3.63) is 12.3 Å². The fourth-order valence-electron chi connectivity index (χ4n) is 1.27. The van der Waals surface area contributed by atoms with Crippen LogP contribution < -0.4 is 15.4 Å². The number of rotatable bonds is 5. The number of ether oxygens (including phenoxy) is 1. The summed E-state index contributed by atoms with van der Waals surface area (Å²) in [6.07, 6.45) is 2.70. The number of hydrogen-bond acceptors (Lipinski definition) is 5. The zero-order chi connectivity index (χ0) is 10.5. The van der Waals surface area contributed by atoms with E-state index in [1.54, 1.807) is 12.3 Å². The Kier molecular flexibility index (Phi) is 3.34. The van der Waals surface area contributed by atoms with Gasteiger partial charge < -0.3 is 15.4 Å². The van der Waals surface area contributed by atoms with Gasteiger partial charge in [0.25, 0.3) is 0 Å². The number of nitrogens with one attached hydrogen (secondary N) is 2. The Balaban J connectivity index is 1.92. The first-order valence-corrected chi connectivity index (χ1v) is 5.31. The molecule has 1 aromatic heterocycles. The van der Waals surface area contributed by atoms with Gasteiger partial charge in [-0.25, -0.2) is 4.98 Å². The van der Waals surface area contributed by atoms with Gasteiger partial charge in [-0.3, -0.25) is 0 Å². The lowest BCUT2D eigenvalue weighted by atomic mass is 10.2. The maximum atomic E-state index is 5.42. The maximum absolute atomic E-state index is 5.42. The van der Waals surface area contributed by atoms with Crippen molar-refractivity contribution >= 4 is 5.95 Å². The summed E-state index contributed by atoms with van der Waals surface area (Å²) < 4.78 is 5.42. The van der Waals surface area contributed by atoms with Crippen molar-refractivity contribution in [2.75, 3.05) is 25.0 Å². The van der Waals surface area contributed by atoms with Crippen LogP contribution in [0.15, 0.2) is 12.3 Å². The van der Waals surface area contributed by atoms with Gasteiger partial charge in [0.05, 0.1) is 12.6 Å². The van der Waals surface area contributed by atoms with Crippen LogP contribution in [0.4, 0.5) is 5.95 Å². The second-order valence-corrected chi connectivity index (χ2v) is 3.57. The molecule has 0 spiro atoms. The van der Waals surface area contributed by atoms with Crippen LogP contribution in [0.2, 0.25) is 0 Å². The van der Waals surface area contributed by atoms with Crippen LogP contribution in [0.3, 0.4) is 0 Å². The highest BCUT2D eigenvalue weighted by molar-refractivity contribution is 5.30. The molecule has 5 nitrogen and oxygen atoms in total. The van der Waals surface area contributed by atoms with Crippen molar-refractivity contribution in [1.82, 2.24) is 15.3 Å². The Morgan fingerprint density at radius 1 is 1.60 bits per heavy atom. The van der Waals surface area contributed by atoms with E-state index in [1.807, 2.05) is 0 Å². The summed E-state index contributed by atoms with van der Waals surface area (Å²) >= 11 is 0. The van der Waals surface area contributed by atoms with E-state index in [4.69, 9.17) is 4.74 Å². The molecule has 2 rings (SSSR count). The zero-order valence-corrected chi connectivity index (χ0v) is 8.86. The van der Waals surface area contributed by atoms with Crippen LogP contribution in [0.25, 0.3) is 0 Å². The zero-order valence-electron chi connectivity index (χ0n) is 8.86. The quantitative estimate of drug-likeness (QED) is 0.744. The molecule has 82 valence electrons. The summed E-state index contributed by atoms with van der Waals surface area (Å²) in [5.41, 5.74) is 0. The van der Waals surface area contributed by atoms with Gasteiger partial charge in [-0.1, -0.05) is 6.92 Å². The Hall–Kier alpha value is -1.36. The molecule has 2 N–H and O–H groups in total. The molecule has 1 aromatic rings. The largest absolute Gasteiger partial charge is 0.478 e. The van der Waals surface area contributed by atoms with Gasteiger partial charge in [0, 0.05) is 25.4 Å². The molecule has 0 aromatic carbocycles. The van der Waals surface area contributed by atoms with Crippen molar-refractivity contribution < 1.29 is 4.74 Å². The van der Waals surface area contributed by atoms with E-state index in [0.717, 1.165) is 19.5 Å². The van der Waals surface area contributed by atoms with Crippen molar-refractivity contribution in [3.63, 3.8) is 0 Å². The molecule has 0 bridgehead atoms. The molecule has 15 heavy (non-hydrogen) atoms. The van der Waals surface area contributed by atoms with Crippen LogP contribution in [0, 0.1) is 0 Å². The van der Waals surface area contributed by atoms with Crippen molar-refractivity contribution in [3.8, 4) is 5.88 Å². The minimum atomic E-state index is 0.450. The van der Waals surface area contributed by atoms with Crippen LogP contribution >= 0.6 is 0 Å². The molecule has 0 amide bonds. The fraction of sp³-hybridized carbons (Fsp3) is 0.600. The normalized spacial score (nSPS) is 15.8. The molecule has 1 aliphatic heterocycles. The van der Waals surface area contributed by atoms with E-state index < -0.39 is 0 Å². The van der Waals surface area contributed by atoms with Gasteiger partial charge in [0.1, 0.15) is 0 Å². The minimum absolute atomic E-state index is 0.450. The summed E-state index contributed by atoms with van der Waals surface area (Å²) in [6, 6.07) is 2.23. The molecule has 0 saturated carbocycles. The van der Waals surface area contributed by atoms with Crippen LogP contribution in [0.5, 0.6) is 5.88 Å². The number of anilines is 1. The number of nitrogens with zero attached hydrogens (tertiary/aromatic N) is 2. The topological polar surface area (TPSA) is 59.1 Å². The monoisotopic (exact) mass is 208 g/mol. The molecular formula is C10H16N4O. The lowest BCUT2D eigenvalue weighted by Crippen LogP contribution is -2.51. The van der Waals surface area contributed by atoms with Crippen LogP contribution in [-0.4, -0.2) is 35.7 Å². The molecule has 1 fully saturated rings. The molecule has 0 radical (unpaired) electrons. The molecule has 1 aliphatic rings. The Labute approximate surface area is 89.3 Å². The first kappa shape index (κ1) is 10.2. The predicted octanol–water partition coefficient (Wildman–Crippen LogP) is 0.649. The van der Waals surface area contributed by atoms with E-state index in [-0.39, 0.29) is 0 Å². The maximum Gasteiger partial charge on any atom is 0.226 e. The average molecular weight is 208 g/mol. The number of aromatic nitrogens is 2. The second-order valence-electron chi connectivity index (χ2n) is 3.57. The van der Waals surface area contributed by atoms with Crippen molar-refractivity contribution in [1.29, 1.82) is 0 Å².